The minimum atomic E-state index is -0.394. The zero-order valence-electron chi connectivity index (χ0n) is 14.0. The molecular formula is C16H24ClN5OS. The van der Waals surface area contributed by atoms with Crippen molar-refractivity contribution >= 4 is 45.7 Å². The number of hydrogen-bond acceptors (Lipinski definition) is 6. The van der Waals surface area contributed by atoms with E-state index in [-0.39, 0.29) is 24.2 Å². The number of halogens is 1. The molecule has 2 unspecified atom stereocenters. The predicted molar refractivity (Wildman–Crippen MR) is 101 cm³/mol. The van der Waals surface area contributed by atoms with Gasteiger partial charge >= 0.3 is 0 Å². The molecule has 0 spiro atoms. The summed E-state index contributed by atoms with van der Waals surface area (Å²) < 4.78 is 1.11. The van der Waals surface area contributed by atoms with Crippen LogP contribution < -0.4 is 10.6 Å². The Kier molecular flexibility index (Phi) is 6.37. The van der Waals surface area contributed by atoms with Crippen LogP contribution in [0.5, 0.6) is 0 Å². The quantitative estimate of drug-likeness (QED) is 0.893. The molecule has 0 radical (unpaired) electrons. The Labute approximate surface area is 152 Å². The summed E-state index contributed by atoms with van der Waals surface area (Å²) in [5.74, 6) is 1.26. The number of fused-ring (bicyclic) bond motifs is 1. The number of thiophene rings is 1. The number of carbonyl (C=O) groups excluding carboxylic acids is 1. The Bertz CT molecular complexity index is 686. The lowest BCUT2D eigenvalue weighted by molar-refractivity contribution is -0.134. The number of aromatic nitrogens is 2. The highest BCUT2D eigenvalue weighted by atomic mass is 35.5. The first-order chi connectivity index (χ1) is 11.1. The lowest BCUT2D eigenvalue weighted by atomic mass is 9.98. The third-order valence-electron chi connectivity index (χ3n) is 4.66. The summed E-state index contributed by atoms with van der Waals surface area (Å²) >= 11 is 1.66. The molecule has 2 atom stereocenters. The van der Waals surface area contributed by atoms with Crippen molar-refractivity contribution in [3.8, 4) is 0 Å². The van der Waals surface area contributed by atoms with Crippen LogP contribution in [0.2, 0.25) is 0 Å². The lowest BCUT2D eigenvalue weighted by Crippen LogP contribution is -2.54. The number of amides is 1. The first kappa shape index (κ1) is 18.9. The van der Waals surface area contributed by atoms with Crippen LogP contribution in [0.25, 0.3) is 10.2 Å². The van der Waals surface area contributed by atoms with Crippen LogP contribution >= 0.6 is 23.7 Å². The molecule has 24 heavy (non-hydrogen) atoms. The van der Waals surface area contributed by atoms with E-state index in [9.17, 15) is 4.79 Å². The number of nitrogens with two attached hydrogens (primary N) is 1. The summed E-state index contributed by atoms with van der Waals surface area (Å²) in [6.45, 7) is 7.05. The third-order valence-corrected chi connectivity index (χ3v) is 5.56. The molecule has 1 amide bonds. The van der Waals surface area contributed by atoms with Crippen molar-refractivity contribution in [1.82, 2.24) is 14.9 Å². The highest BCUT2D eigenvalue weighted by Gasteiger charge is 2.28. The van der Waals surface area contributed by atoms with Crippen molar-refractivity contribution in [3.63, 3.8) is 0 Å². The monoisotopic (exact) mass is 369 g/mol. The fourth-order valence-corrected chi connectivity index (χ4v) is 3.71. The summed E-state index contributed by atoms with van der Waals surface area (Å²) in [6, 6.07) is 1.62. The van der Waals surface area contributed by atoms with E-state index in [4.69, 9.17) is 5.73 Å². The average Bonchev–Trinajstić information content (AvgIpc) is 3.08. The molecule has 1 saturated heterocycles. The van der Waals surface area contributed by atoms with Crippen molar-refractivity contribution in [1.29, 1.82) is 0 Å². The normalized spacial score (nSPS) is 17.5. The molecule has 3 rings (SSSR count). The summed E-state index contributed by atoms with van der Waals surface area (Å²) in [6.07, 6.45) is 2.53. The highest BCUT2D eigenvalue weighted by Crippen LogP contribution is 2.28. The second-order valence-corrected chi connectivity index (χ2v) is 6.97. The minimum absolute atomic E-state index is 0. The van der Waals surface area contributed by atoms with Crippen LogP contribution in [0.15, 0.2) is 17.8 Å². The Hall–Kier alpha value is -1.44. The Morgan fingerprint density at radius 3 is 2.71 bits per heavy atom. The van der Waals surface area contributed by atoms with E-state index in [0.717, 1.165) is 35.5 Å². The molecule has 132 valence electrons. The summed E-state index contributed by atoms with van der Waals surface area (Å²) in [5, 5.41) is 2.04. The van der Waals surface area contributed by atoms with Crippen molar-refractivity contribution in [2.24, 2.45) is 11.7 Å². The molecule has 0 aliphatic carbocycles. The summed E-state index contributed by atoms with van der Waals surface area (Å²) in [4.78, 5) is 25.3. The molecule has 1 aliphatic heterocycles. The van der Waals surface area contributed by atoms with E-state index in [0.29, 0.717) is 13.1 Å². The standard InChI is InChI=1S/C16H23N5OS.ClH/c1-3-11(2)13(17)16(22)21-7-5-20(6-8-21)15-14-12(4-9-23-14)18-10-19-15;/h4,9-11,13H,3,5-8,17H2,1-2H3;1H. The zero-order chi connectivity index (χ0) is 16.4. The molecule has 8 heteroatoms. The van der Waals surface area contributed by atoms with Crippen LogP contribution in [0, 0.1) is 5.92 Å². The van der Waals surface area contributed by atoms with E-state index in [1.165, 1.54) is 0 Å². The van der Waals surface area contributed by atoms with Gasteiger partial charge in [-0.3, -0.25) is 4.79 Å². The number of nitrogens with zero attached hydrogens (tertiary/aromatic N) is 4. The number of anilines is 1. The molecular weight excluding hydrogens is 346 g/mol. The molecule has 3 heterocycles. The minimum Gasteiger partial charge on any atom is -0.352 e. The van der Waals surface area contributed by atoms with Gasteiger partial charge in [0.15, 0.2) is 0 Å². The van der Waals surface area contributed by atoms with Gasteiger partial charge in [-0.2, -0.15) is 0 Å². The van der Waals surface area contributed by atoms with E-state index in [1.54, 1.807) is 17.7 Å². The number of rotatable bonds is 4. The highest BCUT2D eigenvalue weighted by molar-refractivity contribution is 7.17. The third kappa shape index (κ3) is 3.63. The van der Waals surface area contributed by atoms with Crippen LogP contribution in [0.1, 0.15) is 20.3 Å². The first-order valence-corrected chi connectivity index (χ1v) is 8.97. The number of carbonyl (C=O) groups is 1. The van der Waals surface area contributed by atoms with Gasteiger partial charge in [-0.1, -0.05) is 20.3 Å². The molecule has 2 N–H and O–H groups in total. The van der Waals surface area contributed by atoms with Crippen LogP contribution in [-0.2, 0) is 4.79 Å². The van der Waals surface area contributed by atoms with Crippen molar-refractivity contribution < 1.29 is 4.79 Å². The van der Waals surface area contributed by atoms with Crippen LogP contribution in [-0.4, -0.2) is 53.0 Å². The maximum Gasteiger partial charge on any atom is 0.239 e. The average molecular weight is 370 g/mol. The molecule has 0 aromatic carbocycles. The second-order valence-electron chi connectivity index (χ2n) is 6.06. The van der Waals surface area contributed by atoms with Gasteiger partial charge < -0.3 is 15.5 Å². The van der Waals surface area contributed by atoms with Gasteiger partial charge in [-0.25, -0.2) is 9.97 Å². The Morgan fingerprint density at radius 1 is 1.33 bits per heavy atom. The van der Waals surface area contributed by atoms with Gasteiger partial charge in [0.25, 0.3) is 0 Å². The van der Waals surface area contributed by atoms with E-state index in [2.05, 4.69) is 21.8 Å². The van der Waals surface area contributed by atoms with Crippen molar-refractivity contribution in [2.45, 2.75) is 26.3 Å². The maximum atomic E-state index is 12.5. The van der Waals surface area contributed by atoms with Gasteiger partial charge in [0.05, 0.1) is 16.3 Å². The molecule has 1 fully saturated rings. The molecule has 0 saturated carbocycles. The SMILES string of the molecule is CCC(C)C(N)C(=O)N1CCN(c2ncnc3ccsc23)CC1.Cl. The van der Waals surface area contributed by atoms with E-state index >= 15 is 0 Å². The summed E-state index contributed by atoms with van der Waals surface area (Å²) in [5.41, 5.74) is 7.07. The largest absolute Gasteiger partial charge is 0.352 e. The topological polar surface area (TPSA) is 75.4 Å². The van der Waals surface area contributed by atoms with Gasteiger partial charge in [0.2, 0.25) is 5.91 Å². The molecule has 0 bridgehead atoms. The van der Waals surface area contributed by atoms with Crippen LogP contribution in [0.3, 0.4) is 0 Å². The summed E-state index contributed by atoms with van der Waals surface area (Å²) in [7, 11) is 0. The number of hydrogen-bond donors (Lipinski definition) is 1. The first-order valence-electron chi connectivity index (χ1n) is 8.09. The maximum absolute atomic E-state index is 12.5. The Balaban J connectivity index is 0.00000208. The van der Waals surface area contributed by atoms with Gasteiger partial charge in [-0.15, -0.1) is 23.7 Å². The molecule has 2 aromatic heterocycles. The lowest BCUT2D eigenvalue weighted by Gasteiger charge is -2.37. The van der Waals surface area contributed by atoms with Crippen molar-refractivity contribution in [3.05, 3.63) is 17.8 Å². The van der Waals surface area contributed by atoms with E-state index in [1.807, 2.05) is 23.3 Å². The van der Waals surface area contributed by atoms with Crippen LogP contribution in [0.4, 0.5) is 5.82 Å². The van der Waals surface area contributed by atoms with Gasteiger partial charge in [0.1, 0.15) is 12.1 Å². The van der Waals surface area contributed by atoms with Gasteiger partial charge in [-0.05, 0) is 17.4 Å². The zero-order valence-corrected chi connectivity index (χ0v) is 15.6. The Morgan fingerprint density at radius 2 is 2.04 bits per heavy atom. The van der Waals surface area contributed by atoms with Crippen molar-refractivity contribution in [2.75, 3.05) is 31.1 Å². The second kappa shape index (κ2) is 8.09. The molecule has 2 aromatic rings. The smallest absolute Gasteiger partial charge is 0.239 e. The molecule has 6 nitrogen and oxygen atoms in total. The fourth-order valence-electron chi connectivity index (χ4n) is 2.85. The van der Waals surface area contributed by atoms with Gasteiger partial charge in [0, 0.05) is 26.2 Å². The number of piperazine rings is 1. The predicted octanol–water partition coefficient (Wildman–Crippen LogP) is 2.14. The van der Waals surface area contributed by atoms with E-state index < -0.39 is 6.04 Å². The fraction of sp³-hybridized carbons (Fsp3) is 0.562. The molecule has 1 aliphatic rings.